The van der Waals surface area contributed by atoms with Crippen LogP contribution >= 0.6 is 0 Å². The summed E-state index contributed by atoms with van der Waals surface area (Å²) >= 11 is 0. The second-order valence-corrected chi connectivity index (χ2v) is 3.43. The molecule has 1 amide bonds. The number of hydrogen-bond donors (Lipinski definition) is 1. The maximum absolute atomic E-state index is 12.8. The van der Waals surface area contributed by atoms with Crippen molar-refractivity contribution < 1.29 is 35.9 Å². The van der Waals surface area contributed by atoms with Gasteiger partial charge in [-0.3, -0.25) is 4.79 Å². The van der Waals surface area contributed by atoms with E-state index in [0.717, 1.165) is 7.11 Å². The molecular formula is C10H7F6NO2. The molecule has 3 nitrogen and oxygen atoms in total. The number of ether oxygens (including phenoxy) is 1. The first kappa shape index (κ1) is 15.1. The molecule has 0 radical (unpaired) electrons. The summed E-state index contributed by atoms with van der Waals surface area (Å²) in [6.45, 7) is 0. The predicted octanol–water partition coefficient (Wildman–Crippen LogP) is 2.83. The Bertz CT molecular complexity index is 506. The minimum Gasteiger partial charge on any atom is -0.496 e. The zero-order valence-corrected chi connectivity index (χ0v) is 9.32. The number of halogens is 6. The maximum atomic E-state index is 12.8. The third-order valence-electron chi connectivity index (χ3n) is 2.22. The van der Waals surface area contributed by atoms with Crippen molar-refractivity contribution >= 4 is 5.91 Å². The van der Waals surface area contributed by atoms with E-state index in [0.29, 0.717) is 6.07 Å². The molecule has 0 saturated carbocycles. The van der Waals surface area contributed by atoms with Crippen LogP contribution in [0.15, 0.2) is 12.1 Å². The number of nitrogens with two attached hydrogens (primary N) is 1. The van der Waals surface area contributed by atoms with Gasteiger partial charge in [0.1, 0.15) is 5.75 Å². The Hall–Kier alpha value is -1.93. The van der Waals surface area contributed by atoms with E-state index in [-0.39, 0.29) is 6.07 Å². The first-order valence-corrected chi connectivity index (χ1v) is 4.65. The van der Waals surface area contributed by atoms with E-state index in [4.69, 9.17) is 5.73 Å². The summed E-state index contributed by atoms with van der Waals surface area (Å²) in [6.07, 6.45) is -10.7. The molecule has 0 aliphatic carbocycles. The number of hydrogen-bond acceptors (Lipinski definition) is 2. The van der Waals surface area contributed by atoms with Crippen molar-refractivity contribution in [1.82, 2.24) is 0 Å². The summed E-state index contributed by atoms with van der Waals surface area (Å²) in [5.74, 6) is -2.33. The predicted molar refractivity (Wildman–Crippen MR) is 51.5 cm³/mol. The quantitative estimate of drug-likeness (QED) is 0.850. The van der Waals surface area contributed by atoms with Crippen LogP contribution in [0.25, 0.3) is 0 Å². The lowest BCUT2D eigenvalue weighted by atomic mass is 9.98. The Morgan fingerprint density at radius 3 is 1.95 bits per heavy atom. The molecule has 0 aliphatic heterocycles. The molecule has 106 valence electrons. The van der Waals surface area contributed by atoms with Crippen molar-refractivity contribution in [3.63, 3.8) is 0 Å². The Morgan fingerprint density at radius 1 is 1.11 bits per heavy atom. The van der Waals surface area contributed by atoms with Crippen LogP contribution in [0.5, 0.6) is 5.75 Å². The summed E-state index contributed by atoms with van der Waals surface area (Å²) in [5.41, 5.74) is -0.767. The molecule has 0 saturated heterocycles. The van der Waals surface area contributed by atoms with Crippen LogP contribution in [0.3, 0.4) is 0 Å². The van der Waals surface area contributed by atoms with Crippen molar-refractivity contribution in [3.8, 4) is 5.75 Å². The Labute approximate surface area is 102 Å². The zero-order valence-electron chi connectivity index (χ0n) is 9.32. The van der Waals surface area contributed by atoms with E-state index < -0.39 is 40.7 Å². The second kappa shape index (κ2) is 4.63. The van der Waals surface area contributed by atoms with Crippen molar-refractivity contribution in [2.24, 2.45) is 5.73 Å². The van der Waals surface area contributed by atoms with Gasteiger partial charge in [-0.25, -0.2) is 0 Å². The van der Waals surface area contributed by atoms with Gasteiger partial charge in [0.05, 0.1) is 23.8 Å². The number of alkyl halides is 6. The second-order valence-electron chi connectivity index (χ2n) is 3.43. The third kappa shape index (κ3) is 2.91. The molecule has 2 N–H and O–H groups in total. The largest absolute Gasteiger partial charge is 0.496 e. The molecule has 1 rings (SSSR count). The average molecular weight is 287 g/mol. The highest BCUT2D eigenvalue weighted by Gasteiger charge is 2.46. The van der Waals surface area contributed by atoms with Gasteiger partial charge in [0, 0.05) is 0 Å². The van der Waals surface area contributed by atoms with Gasteiger partial charge < -0.3 is 10.5 Å². The lowest BCUT2D eigenvalue weighted by Gasteiger charge is -2.19. The standard InChI is InChI=1S/C10H7F6NO2/c1-19-5-3-2-4(9(11,12)13)7(10(14,15)16)6(5)8(17)18/h2-3H,1H3,(H2,17,18). The fourth-order valence-corrected chi connectivity index (χ4v) is 1.53. The van der Waals surface area contributed by atoms with Crippen molar-refractivity contribution in [1.29, 1.82) is 0 Å². The molecule has 0 heterocycles. The monoisotopic (exact) mass is 287 g/mol. The van der Waals surface area contributed by atoms with Crippen molar-refractivity contribution in [3.05, 3.63) is 28.8 Å². The van der Waals surface area contributed by atoms with Gasteiger partial charge in [-0.1, -0.05) is 0 Å². The maximum Gasteiger partial charge on any atom is 0.417 e. The smallest absolute Gasteiger partial charge is 0.417 e. The van der Waals surface area contributed by atoms with Gasteiger partial charge >= 0.3 is 12.4 Å². The number of benzene rings is 1. The molecule has 0 bridgehead atoms. The molecule has 1 aromatic rings. The third-order valence-corrected chi connectivity index (χ3v) is 2.22. The number of carbonyl (C=O) groups is 1. The van der Waals surface area contributed by atoms with Gasteiger partial charge in [-0.05, 0) is 12.1 Å². The van der Waals surface area contributed by atoms with Crippen LogP contribution in [0, 0.1) is 0 Å². The van der Waals surface area contributed by atoms with E-state index in [1.807, 2.05) is 0 Å². The van der Waals surface area contributed by atoms with Gasteiger partial charge in [-0.2, -0.15) is 26.3 Å². The van der Waals surface area contributed by atoms with Crippen molar-refractivity contribution in [2.75, 3.05) is 7.11 Å². The first-order valence-electron chi connectivity index (χ1n) is 4.65. The first-order chi connectivity index (χ1) is 8.50. The van der Waals surface area contributed by atoms with Crippen LogP contribution < -0.4 is 10.5 Å². The normalized spacial score (nSPS) is 12.4. The van der Waals surface area contributed by atoms with Crippen LogP contribution in [-0.4, -0.2) is 13.0 Å². The molecule has 0 fully saturated rings. The van der Waals surface area contributed by atoms with E-state index in [1.165, 1.54) is 0 Å². The minimum absolute atomic E-state index is 0.189. The van der Waals surface area contributed by atoms with Crippen LogP contribution in [0.2, 0.25) is 0 Å². The fourth-order valence-electron chi connectivity index (χ4n) is 1.53. The molecule has 19 heavy (non-hydrogen) atoms. The fraction of sp³-hybridized carbons (Fsp3) is 0.300. The summed E-state index contributed by atoms with van der Waals surface area (Å²) in [5, 5.41) is 0. The van der Waals surface area contributed by atoms with Crippen LogP contribution in [-0.2, 0) is 12.4 Å². The van der Waals surface area contributed by atoms with Gasteiger partial charge in [0.15, 0.2) is 0 Å². The van der Waals surface area contributed by atoms with Crippen LogP contribution in [0.1, 0.15) is 21.5 Å². The number of amides is 1. The van der Waals surface area contributed by atoms with Gasteiger partial charge in [0.2, 0.25) is 0 Å². The van der Waals surface area contributed by atoms with Gasteiger partial charge in [-0.15, -0.1) is 0 Å². The molecule has 0 atom stereocenters. The topological polar surface area (TPSA) is 52.3 Å². The average Bonchev–Trinajstić information content (AvgIpc) is 2.24. The molecule has 9 heteroatoms. The number of rotatable bonds is 2. The molecular weight excluding hydrogens is 280 g/mol. The Kier molecular flexibility index (Phi) is 3.69. The summed E-state index contributed by atoms with van der Waals surface area (Å²) in [6, 6.07) is 0.798. The van der Waals surface area contributed by atoms with E-state index >= 15 is 0 Å². The zero-order chi connectivity index (χ0) is 15.0. The number of carbonyl (C=O) groups excluding carboxylic acids is 1. The number of methoxy groups -OCH3 is 1. The summed E-state index contributed by atoms with van der Waals surface area (Å²) < 4.78 is 80.4. The number of primary amides is 1. The molecule has 0 aromatic heterocycles. The highest BCUT2D eigenvalue weighted by Crippen LogP contribution is 2.44. The highest BCUT2D eigenvalue weighted by molar-refractivity contribution is 5.98. The van der Waals surface area contributed by atoms with Crippen LogP contribution in [0.4, 0.5) is 26.3 Å². The van der Waals surface area contributed by atoms with E-state index in [9.17, 15) is 31.1 Å². The molecule has 0 unspecified atom stereocenters. The molecule has 1 aromatic carbocycles. The van der Waals surface area contributed by atoms with E-state index in [1.54, 1.807) is 0 Å². The Balaban J connectivity index is 3.81. The summed E-state index contributed by atoms with van der Waals surface area (Å²) in [7, 11) is 0.912. The summed E-state index contributed by atoms with van der Waals surface area (Å²) in [4.78, 5) is 11.0. The highest BCUT2D eigenvalue weighted by atomic mass is 19.4. The van der Waals surface area contributed by atoms with E-state index in [2.05, 4.69) is 4.74 Å². The molecule has 0 spiro atoms. The lowest BCUT2D eigenvalue weighted by molar-refractivity contribution is -0.162. The molecule has 0 aliphatic rings. The lowest BCUT2D eigenvalue weighted by Crippen LogP contribution is -2.24. The van der Waals surface area contributed by atoms with Crippen molar-refractivity contribution in [2.45, 2.75) is 12.4 Å². The SMILES string of the molecule is COc1ccc(C(F)(F)F)c(C(F)(F)F)c1C(N)=O. The Morgan fingerprint density at radius 2 is 1.63 bits per heavy atom. The minimum atomic E-state index is -5.40. The van der Waals surface area contributed by atoms with Gasteiger partial charge in [0.25, 0.3) is 5.91 Å².